The highest BCUT2D eigenvalue weighted by atomic mass is 19.1. The number of carbonyl (C=O) groups excluding carboxylic acids is 1. The molecule has 20 heavy (non-hydrogen) atoms. The van der Waals surface area contributed by atoms with Gasteiger partial charge in [0.1, 0.15) is 11.4 Å². The molecule has 110 valence electrons. The van der Waals surface area contributed by atoms with Crippen molar-refractivity contribution in [3.8, 4) is 0 Å². The fraction of sp³-hybridized carbons (Fsp3) is 0.533. The minimum absolute atomic E-state index is 0.0436. The van der Waals surface area contributed by atoms with Crippen LogP contribution >= 0.6 is 0 Å². The first-order valence-corrected chi connectivity index (χ1v) is 6.76. The van der Waals surface area contributed by atoms with Gasteiger partial charge in [0.15, 0.2) is 0 Å². The molecular formula is C15H21FN2O2. The van der Waals surface area contributed by atoms with Gasteiger partial charge in [-0.25, -0.2) is 9.18 Å². The van der Waals surface area contributed by atoms with Crippen LogP contribution in [-0.4, -0.2) is 18.2 Å². The van der Waals surface area contributed by atoms with Gasteiger partial charge in [0.25, 0.3) is 0 Å². The summed E-state index contributed by atoms with van der Waals surface area (Å²) in [4.78, 5) is 11.7. The van der Waals surface area contributed by atoms with Crippen molar-refractivity contribution in [3.05, 3.63) is 29.6 Å². The predicted octanol–water partition coefficient (Wildman–Crippen LogP) is 3.16. The number of ether oxygens (including phenoxy) is 1. The zero-order chi connectivity index (χ0) is 15.0. The number of benzene rings is 1. The lowest BCUT2D eigenvalue weighted by atomic mass is 9.95. The fourth-order valence-electron chi connectivity index (χ4n) is 2.13. The SMILES string of the molecule is CC(C)(C)OC(=O)Nc1cc(C2(CN)CC2)ccc1F. The Hall–Kier alpha value is -1.62. The molecule has 0 atom stereocenters. The maximum Gasteiger partial charge on any atom is 0.412 e. The van der Waals surface area contributed by atoms with Gasteiger partial charge in [-0.1, -0.05) is 6.07 Å². The van der Waals surface area contributed by atoms with Gasteiger partial charge >= 0.3 is 6.09 Å². The van der Waals surface area contributed by atoms with E-state index in [1.54, 1.807) is 32.9 Å². The zero-order valence-electron chi connectivity index (χ0n) is 12.1. The number of hydrogen-bond donors (Lipinski definition) is 2. The maximum atomic E-state index is 13.8. The molecule has 0 aromatic heterocycles. The fourth-order valence-corrected chi connectivity index (χ4v) is 2.13. The van der Waals surface area contributed by atoms with E-state index in [4.69, 9.17) is 10.5 Å². The van der Waals surface area contributed by atoms with Crippen molar-refractivity contribution in [2.75, 3.05) is 11.9 Å². The molecule has 1 saturated carbocycles. The van der Waals surface area contributed by atoms with Crippen LogP contribution in [0.5, 0.6) is 0 Å². The summed E-state index contributed by atoms with van der Waals surface area (Å²) in [6.45, 7) is 5.80. The Bertz CT molecular complexity index is 519. The summed E-state index contributed by atoms with van der Waals surface area (Å²) in [6, 6.07) is 4.74. The number of rotatable bonds is 3. The molecule has 0 unspecified atom stereocenters. The Kier molecular flexibility index (Phi) is 3.73. The van der Waals surface area contributed by atoms with Gasteiger partial charge < -0.3 is 10.5 Å². The van der Waals surface area contributed by atoms with Crippen LogP contribution in [0.4, 0.5) is 14.9 Å². The molecule has 1 aliphatic rings. The third kappa shape index (κ3) is 3.28. The summed E-state index contributed by atoms with van der Waals surface area (Å²) in [5.41, 5.74) is 6.21. The summed E-state index contributed by atoms with van der Waals surface area (Å²) in [6.07, 6.45) is 1.34. The third-order valence-corrected chi connectivity index (χ3v) is 3.46. The minimum atomic E-state index is -0.661. The molecule has 1 aromatic rings. The first kappa shape index (κ1) is 14.8. The second-order valence-electron chi connectivity index (χ2n) is 6.31. The molecule has 1 fully saturated rings. The van der Waals surface area contributed by atoms with Gasteiger partial charge in [-0.3, -0.25) is 5.32 Å². The number of carbonyl (C=O) groups is 1. The van der Waals surface area contributed by atoms with Crippen molar-refractivity contribution in [2.24, 2.45) is 5.73 Å². The lowest BCUT2D eigenvalue weighted by Crippen LogP contribution is -2.27. The molecule has 0 spiro atoms. The third-order valence-electron chi connectivity index (χ3n) is 3.46. The molecule has 0 heterocycles. The summed E-state index contributed by atoms with van der Waals surface area (Å²) in [5.74, 6) is -0.479. The van der Waals surface area contributed by atoms with Gasteiger partial charge in [-0.15, -0.1) is 0 Å². The molecule has 0 radical (unpaired) electrons. The minimum Gasteiger partial charge on any atom is -0.444 e. The van der Waals surface area contributed by atoms with Crippen LogP contribution in [0, 0.1) is 5.82 Å². The van der Waals surface area contributed by atoms with E-state index in [-0.39, 0.29) is 11.1 Å². The van der Waals surface area contributed by atoms with E-state index in [2.05, 4.69) is 5.32 Å². The van der Waals surface area contributed by atoms with Gasteiger partial charge in [0.05, 0.1) is 5.69 Å². The van der Waals surface area contributed by atoms with Crippen LogP contribution in [-0.2, 0) is 10.2 Å². The lowest BCUT2D eigenvalue weighted by Gasteiger charge is -2.20. The van der Waals surface area contributed by atoms with E-state index in [1.807, 2.05) is 0 Å². The average molecular weight is 280 g/mol. The van der Waals surface area contributed by atoms with Crippen LogP contribution in [0.3, 0.4) is 0 Å². The molecule has 4 nitrogen and oxygen atoms in total. The summed E-state index contributed by atoms with van der Waals surface area (Å²) in [5, 5.41) is 2.45. The van der Waals surface area contributed by atoms with Crippen LogP contribution in [0.25, 0.3) is 0 Å². The van der Waals surface area contributed by atoms with Crippen LogP contribution < -0.4 is 11.1 Å². The van der Waals surface area contributed by atoms with Crippen molar-refractivity contribution in [3.63, 3.8) is 0 Å². The van der Waals surface area contributed by atoms with Crippen molar-refractivity contribution < 1.29 is 13.9 Å². The zero-order valence-corrected chi connectivity index (χ0v) is 12.1. The number of amides is 1. The predicted molar refractivity (Wildman–Crippen MR) is 76.2 cm³/mol. The van der Waals surface area contributed by atoms with E-state index in [0.29, 0.717) is 6.54 Å². The normalized spacial score (nSPS) is 16.6. The number of nitrogens with two attached hydrogens (primary N) is 1. The van der Waals surface area contributed by atoms with Crippen molar-refractivity contribution in [1.82, 2.24) is 0 Å². The van der Waals surface area contributed by atoms with Crippen molar-refractivity contribution in [2.45, 2.75) is 44.6 Å². The van der Waals surface area contributed by atoms with Crippen LogP contribution in [0.2, 0.25) is 0 Å². The first-order chi connectivity index (χ1) is 9.26. The van der Waals surface area contributed by atoms with E-state index in [1.165, 1.54) is 6.07 Å². The average Bonchev–Trinajstić information content (AvgIpc) is 3.10. The summed E-state index contributed by atoms with van der Waals surface area (Å²) in [7, 11) is 0. The number of hydrogen-bond acceptors (Lipinski definition) is 3. The molecule has 0 saturated heterocycles. The Morgan fingerprint density at radius 2 is 2.10 bits per heavy atom. The molecular weight excluding hydrogens is 259 g/mol. The van der Waals surface area contributed by atoms with Gasteiger partial charge in [-0.05, 0) is 51.3 Å². The summed E-state index contributed by atoms with van der Waals surface area (Å²) < 4.78 is 18.9. The molecule has 0 bridgehead atoms. The van der Waals surface area contributed by atoms with E-state index < -0.39 is 17.5 Å². The van der Waals surface area contributed by atoms with E-state index in [0.717, 1.165) is 18.4 Å². The molecule has 1 aliphatic carbocycles. The molecule has 5 heteroatoms. The highest BCUT2D eigenvalue weighted by Gasteiger charge is 2.43. The second kappa shape index (κ2) is 5.05. The van der Waals surface area contributed by atoms with E-state index in [9.17, 15) is 9.18 Å². The standard InChI is InChI=1S/C15H21FN2O2/c1-14(2,3)20-13(19)18-12-8-10(4-5-11(12)16)15(9-17)6-7-15/h4-5,8H,6-7,9,17H2,1-3H3,(H,18,19). The first-order valence-electron chi connectivity index (χ1n) is 6.76. The topological polar surface area (TPSA) is 64.3 Å². The Morgan fingerprint density at radius 3 is 2.60 bits per heavy atom. The monoisotopic (exact) mass is 280 g/mol. The Labute approximate surface area is 118 Å². The number of halogens is 1. The molecule has 2 rings (SSSR count). The van der Waals surface area contributed by atoms with Crippen molar-refractivity contribution >= 4 is 11.8 Å². The number of anilines is 1. The smallest absolute Gasteiger partial charge is 0.412 e. The quantitative estimate of drug-likeness (QED) is 0.894. The highest BCUT2D eigenvalue weighted by Crippen LogP contribution is 2.47. The van der Waals surface area contributed by atoms with E-state index >= 15 is 0 Å². The second-order valence-corrected chi connectivity index (χ2v) is 6.31. The van der Waals surface area contributed by atoms with Crippen LogP contribution in [0.15, 0.2) is 18.2 Å². The van der Waals surface area contributed by atoms with Crippen LogP contribution in [0.1, 0.15) is 39.2 Å². The Balaban J connectivity index is 2.15. The molecule has 1 aromatic carbocycles. The van der Waals surface area contributed by atoms with Gasteiger partial charge in [0, 0.05) is 12.0 Å². The van der Waals surface area contributed by atoms with Gasteiger partial charge in [-0.2, -0.15) is 0 Å². The molecule has 3 N–H and O–H groups in total. The largest absolute Gasteiger partial charge is 0.444 e. The lowest BCUT2D eigenvalue weighted by molar-refractivity contribution is 0.0635. The molecule has 0 aliphatic heterocycles. The highest BCUT2D eigenvalue weighted by molar-refractivity contribution is 5.85. The Morgan fingerprint density at radius 1 is 1.45 bits per heavy atom. The van der Waals surface area contributed by atoms with Gasteiger partial charge in [0.2, 0.25) is 0 Å². The molecule has 1 amide bonds. The van der Waals surface area contributed by atoms with Crippen molar-refractivity contribution in [1.29, 1.82) is 0 Å². The maximum absolute atomic E-state index is 13.8. The summed E-state index contributed by atoms with van der Waals surface area (Å²) >= 11 is 0. The number of nitrogens with one attached hydrogen (secondary N) is 1.